The van der Waals surface area contributed by atoms with Gasteiger partial charge in [-0.25, -0.2) is 0 Å². The third kappa shape index (κ3) is 9.45. The number of halogens is 5. The first-order valence-corrected chi connectivity index (χ1v) is 9.26. The third-order valence-electron chi connectivity index (χ3n) is 4.68. The Morgan fingerprint density at radius 3 is 2.36 bits per heavy atom. The highest BCUT2D eigenvalue weighted by atomic mass is 35.5. The fraction of sp³-hybridized carbons (Fsp3) is 0.632. The Labute approximate surface area is 177 Å². The second kappa shape index (κ2) is 13.2. The Hall–Kier alpha value is -1.02. The van der Waals surface area contributed by atoms with Gasteiger partial charge in [-0.3, -0.25) is 9.69 Å². The molecule has 9 heteroatoms. The molecular weight excluding hydrogens is 414 g/mol. The van der Waals surface area contributed by atoms with Crippen molar-refractivity contribution in [2.75, 3.05) is 19.6 Å². The molecule has 0 aliphatic carbocycles. The van der Waals surface area contributed by atoms with Gasteiger partial charge in [0.15, 0.2) is 0 Å². The maximum atomic E-state index is 12.6. The van der Waals surface area contributed by atoms with Crippen molar-refractivity contribution in [3.8, 4) is 0 Å². The quantitative estimate of drug-likeness (QED) is 0.563. The number of alkyl halides is 3. The van der Waals surface area contributed by atoms with Crippen molar-refractivity contribution in [2.24, 2.45) is 5.73 Å². The Balaban J connectivity index is 0.00000364. The zero-order valence-electron chi connectivity index (χ0n) is 15.8. The SMILES string of the molecule is Cl.Cl.NCCCCCCC(=O)NC1CCN(Cc2ccc(C(F)(F)F)cc2)C1. The summed E-state index contributed by atoms with van der Waals surface area (Å²) in [5, 5.41) is 3.06. The van der Waals surface area contributed by atoms with E-state index in [0.717, 1.165) is 62.9 Å². The molecule has 0 saturated carbocycles. The minimum Gasteiger partial charge on any atom is -0.352 e. The van der Waals surface area contributed by atoms with E-state index in [2.05, 4.69) is 10.2 Å². The van der Waals surface area contributed by atoms with E-state index in [9.17, 15) is 18.0 Å². The lowest BCUT2D eigenvalue weighted by Crippen LogP contribution is -2.36. The molecule has 4 nitrogen and oxygen atoms in total. The van der Waals surface area contributed by atoms with Crippen LogP contribution in [0.15, 0.2) is 24.3 Å². The van der Waals surface area contributed by atoms with Crippen LogP contribution in [0.3, 0.4) is 0 Å². The van der Waals surface area contributed by atoms with Crippen LogP contribution in [0, 0.1) is 0 Å². The highest BCUT2D eigenvalue weighted by Gasteiger charge is 2.30. The highest BCUT2D eigenvalue weighted by Crippen LogP contribution is 2.29. The number of nitrogens with zero attached hydrogens (tertiary/aromatic N) is 1. The zero-order chi connectivity index (χ0) is 19.0. The predicted octanol–water partition coefficient (Wildman–Crippen LogP) is 4.15. The van der Waals surface area contributed by atoms with E-state index in [4.69, 9.17) is 5.73 Å². The Kier molecular flexibility index (Phi) is 12.8. The van der Waals surface area contributed by atoms with Gasteiger partial charge in [-0.05, 0) is 43.5 Å². The van der Waals surface area contributed by atoms with Gasteiger partial charge < -0.3 is 11.1 Å². The lowest BCUT2D eigenvalue weighted by Gasteiger charge is -2.17. The molecule has 1 heterocycles. The molecule has 1 saturated heterocycles. The van der Waals surface area contributed by atoms with Crippen molar-refractivity contribution in [3.05, 3.63) is 35.4 Å². The maximum Gasteiger partial charge on any atom is 0.416 e. The Morgan fingerprint density at radius 2 is 1.75 bits per heavy atom. The Morgan fingerprint density at radius 1 is 1.11 bits per heavy atom. The molecule has 28 heavy (non-hydrogen) atoms. The summed E-state index contributed by atoms with van der Waals surface area (Å²) in [4.78, 5) is 14.1. The van der Waals surface area contributed by atoms with Crippen molar-refractivity contribution in [3.63, 3.8) is 0 Å². The van der Waals surface area contributed by atoms with Gasteiger partial charge in [-0.2, -0.15) is 13.2 Å². The molecule has 0 radical (unpaired) electrons. The molecular formula is C19H30Cl2F3N3O. The summed E-state index contributed by atoms with van der Waals surface area (Å²) in [7, 11) is 0. The molecule has 0 bridgehead atoms. The molecule has 3 N–H and O–H groups in total. The largest absolute Gasteiger partial charge is 0.416 e. The summed E-state index contributed by atoms with van der Waals surface area (Å²) in [6.45, 7) is 2.87. The third-order valence-corrected chi connectivity index (χ3v) is 4.68. The average molecular weight is 444 g/mol. The highest BCUT2D eigenvalue weighted by molar-refractivity contribution is 5.85. The minimum atomic E-state index is -4.30. The van der Waals surface area contributed by atoms with E-state index in [-0.39, 0.29) is 36.8 Å². The van der Waals surface area contributed by atoms with Crippen LogP contribution >= 0.6 is 24.8 Å². The first-order valence-electron chi connectivity index (χ1n) is 9.26. The number of carbonyl (C=O) groups is 1. The van der Waals surface area contributed by atoms with E-state index in [0.29, 0.717) is 19.5 Å². The van der Waals surface area contributed by atoms with Gasteiger partial charge in [0, 0.05) is 32.1 Å². The molecule has 162 valence electrons. The second-order valence-electron chi connectivity index (χ2n) is 6.94. The smallest absolute Gasteiger partial charge is 0.352 e. The zero-order valence-corrected chi connectivity index (χ0v) is 17.5. The van der Waals surface area contributed by atoms with Crippen molar-refractivity contribution in [1.29, 1.82) is 0 Å². The summed E-state index contributed by atoms with van der Waals surface area (Å²) >= 11 is 0. The van der Waals surface area contributed by atoms with Gasteiger partial charge in [0.2, 0.25) is 5.91 Å². The predicted molar refractivity (Wildman–Crippen MR) is 110 cm³/mol. The first kappa shape index (κ1) is 27.0. The van der Waals surface area contributed by atoms with Crippen molar-refractivity contribution >= 4 is 30.7 Å². The molecule has 1 fully saturated rings. The van der Waals surface area contributed by atoms with Crippen molar-refractivity contribution < 1.29 is 18.0 Å². The molecule has 1 atom stereocenters. The number of rotatable bonds is 9. The number of nitrogens with two attached hydrogens (primary N) is 1. The van der Waals surface area contributed by atoms with Crippen LogP contribution in [-0.4, -0.2) is 36.5 Å². The Bertz CT molecular complexity index is 571. The minimum absolute atomic E-state index is 0. The summed E-state index contributed by atoms with van der Waals surface area (Å²) < 4.78 is 37.8. The standard InChI is InChI=1S/C19H28F3N3O.2ClH/c20-19(21,22)16-8-6-15(7-9-16)13-25-12-10-17(14-25)24-18(26)5-3-1-2-4-11-23;;/h6-9,17H,1-5,10-14,23H2,(H,24,26);2*1H. The molecule has 1 aromatic carbocycles. The number of carbonyl (C=O) groups excluding carboxylic acids is 1. The fourth-order valence-corrected chi connectivity index (χ4v) is 3.23. The summed E-state index contributed by atoms with van der Waals surface area (Å²) in [5.74, 6) is 0.0825. The number of benzene rings is 1. The number of hydrogen-bond donors (Lipinski definition) is 2. The topological polar surface area (TPSA) is 58.4 Å². The fourth-order valence-electron chi connectivity index (χ4n) is 3.23. The van der Waals surface area contributed by atoms with Crippen molar-refractivity contribution in [1.82, 2.24) is 10.2 Å². The van der Waals surface area contributed by atoms with Crippen LogP contribution in [0.4, 0.5) is 13.2 Å². The monoisotopic (exact) mass is 443 g/mol. The van der Waals surface area contributed by atoms with Gasteiger partial charge >= 0.3 is 6.18 Å². The molecule has 1 aromatic rings. The van der Waals surface area contributed by atoms with E-state index in [1.165, 1.54) is 12.1 Å². The van der Waals surface area contributed by atoms with Crippen LogP contribution in [0.5, 0.6) is 0 Å². The molecule has 0 spiro atoms. The molecule has 1 aliphatic rings. The second-order valence-corrected chi connectivity index (χ2v) is 6.94. The first-order chi connectivity index (χ1) is 12.4. The number of hydrogen-bond acceptors (Lipinski definition) is 3. The van der Waals surface area contributed by atoms with Gasteiger partial charge in [-0.1, -0.05) is 25.0 Å². The van der Waals surface area contributed by atoms with Gasteiger partial charge in [0.05, 0.1) is 5.56 Å². The molecule has 1 aliphatic heterocycles. The van der Waals surface area contributed by atoms with Crippen LogP contribution in [0.2, 0.25) is 0 Å². The van der Waals surface area contributed by atoms with Crippen LogP contribution < -0.4 is 11.1 Å². The summed E-state index contributed by atoms with van der Waals surface area (Å²) in [6.07, 6.45) is 1.09. The number of likely N-dealkylation sites (tertiary alicyclic amines) is 1. The van der Waals surface area contributed by atoms with E-state index >= 15 is 0 Å². The van der Waals surface area contributed by atoms with Gasteiger partial charge in [0.1, 0.15) is 0 Å². The van der Waals surface area contributed by atoms with Gasteiger partial charge in [0.25, 0.3) is 0 Å². The molecule has 1 amide bonds. The van der Waals surface area contributed by atoms with E-state index < -0.39 is 11.7 Å². The summed E-state index contributed by atoms with van der Waals surface area (Å²) in [5.41, 5.74) is 5.67. The van der Waals surface area contributed by atoms with Crippen LogP contribution in [0.1, 0.15) is 49.7 Å². The number of nitrogens with one attached hydrogen (secondary N) is 1. The number of amides is 1. The number of unbranched alkanes of at least 4 members (excludes halogenated alkanes) is 3. The molecule has 0 aromatic heterocycles. The molecule has 2 rings (SSSR count). The van der Waals surface area contributed by atoms with Crippen LogP contribution in [-0.2, 0) is 17.5 Å². The normalized spacial score (nSPS) is 16.9. The van der Waals surface area contributed by atoms with E-state index in [1.807, 2.05) is 0 Å². The van der Waals surface area contributed by atoms with Gasteiger partial charge in [-0.15, -0.1) is 24.8 Å². The van der Waals surface area contributed by atoms with Crippen molar-refractivity contribution in [2.45, 2.75) is 57.3 Å². The van der Waals surface area contributed by atoms with Crippen LogP contribution in [0.25, 0.3) is 0 Å². The maximum absolute atomic E-state index is 12.6. The average Bonchev–Trinajstić information content (AvgIpc) is 3.01. The van der Waals surface area contributed by atoms with E-state index in [1.54, 1.807) is 0 Å². The summed E-state index contributed by atoms with van der Waals surface area (Å²) in [6, 6.07) is 5.41. The lowest BCUT2D eigenvalue weighted by molar-refractivity contribution is -0.137. The molecule has 1 unspecified atom stereocenters. The lowest BCUT2D eigenvalue weighted by atomic mass is 10.1.